The van der Waals surface area contributed by atoms with Crippen LogP contribution < -0.4 is 4.72 Å². The van der Waals surface area contributed by atoms with Gasteiger partial charge in [-0.3, -0.25) is 0 Å². The molecule has 9 heteroatoms. The summed E-state index contributed by atoms with van der Waals surface area (Å²) in [5.41, 5.74) is 1.69. The molecule has 1 N–H and O–H groups in total. The van der Waals surface area contributed by atoms with E-state index in [1.807, 2.05) is 13.8 Å². The van der Waals surface area contributed by atoms with E-state index >= 15 is 0 Å². The zero-order valence-electron chi connectivity index (χ0n) is 13.5. The number of ether oxygens (including phenoxy) is 2. The average Bonchev–Trinajstić information content (AvgIpc) is 3.18. The SMILES string of the molecule is Cc1noc(C)c1CO[C@@H]1CCOC[C@@H]1NS(=O)(=O)c1cccs1. The number of hydrogen-bond donors (Lipinski definition) is 1. The van der Waals surface area contributed by atoms with Gasteiger partial charge in [-0.1, -0.05) is 11.2 Å². The highest BCUT2D eigenvalue weighted by Gasteiger charge is 2.31. The molecular formula is C15H20N2O5S2. The number of rotatable bonds is 6. The lowest BCUT2D eigenvalue weighted by molar-refractivity contribution is -0.0575. The number of nitrogens with zero attached hydrogens (tertiary/aromatic N) is 1. The Balaban J connectivity index is 1.67. The largest absolute Gasteiger partial charge is 0.380 e. The maximum Gasteiger partial charge on any atom is 0.250 e. The van der Waals surface area contributed by atoms with Crippen molar-refractivity contribution in [3.05, 3.63) is 34.5 Å². The fourth-order valence-corrected chi connectivity index (χ4v) is 4.86. The van der Waals surface area contributed by atoms with Crippen LogP contribution in [0.2, 0.25) is 0 Å². The normalized spacial score (nSPS) is 21.9. The van der Waals surface area contributed by atoms with E-state index in [2.05, 4.69) is 9.88 Å². The lowest BCUT2D eigenvalue weighted by Crippen LogP contribution is -2.50. The van der Waals surface area contributed by atoms with Gasteiger partial charge in [-0.05, 0) is 31.7 Å². The second kappa shape index (κ2) is 7.32. The van der Waals surface area contributed by atoms with Crippen molar-refractivity contribution in [2.24, 2.45) is 0 Å². The second-order valence-corrected chi connectivity index (χ2v) is 8.56. The molecule has 2 atom stereocenters. The molecular weight excluding hydrogens is 352 g/mol. The van der Waals surface area contributed by atoms with Gasteiger partial charge < -0.3 is 14.0 Å². The highest BCUT2D eigenvalue weighted by Crippen LogP contribution is 2.21. The lowest BCUT2D eigenvalue weighted by atomic mass is 10.1. The maximum absolute atomic E-state index is 12.4. The predicted octanol–water partition coefficient (Wildman–Crippen LogP) is 2.01. The molecule has 3 rings (SSSR count). The van der Waals surface area contributed by atoms with Gasteiger partial charge in [0, 0.05) is 12.2 Å². The highest BCUT2D eigenvalue weighted by atomic mass is 32.2. The van der Waals surface area contributed by atoms with Crippen LogP contribution in [0, 0.1) is 13.8 Å². The Hall–Kier alpha value is -1.26. The summed E-state index contributed by atoms with van der Waals surface area (Å²) in [7, 11) is -3.56. The number of hydrogen-bond acceptors (Lipinski definition) is 7. The van der Waals surface area contributed by atoms with E-state index in [9.17, 15) is 8.42 Å². The van der Waals surface area contributed by atoms with E-state index in [1.54, 1.807) is 17.5 Å². The molecule has 1 aliphatic rings. The van der Waals surface area contributed by atoms with Gasteiger partial charge in [-0.25, -0.2) is 13.1 Å². The van der Waals surface area contributed by atoms with Gasteiger partial charge >= 0.3 is 0 Å². The Morgan fingerprint density at radius 2 is 2.29 bits per heavy atom. The Kier molecular flexibility index (Phi) is 5.36. The summed E-state index contributed by atoms with van der Waals surface area (Å²) >= 11 is 1.18. The van der Waals surface area contributed by atoms with E-state index in [-0.39, 0.29) is 16.9 Å². The Labute approximate surface area is 145 Å². The molecule has 24 heavy (non-hydrogen) atoms. The molecule has 0 amide bonds. The van der Waals surface area contributed by atoms with Crippen molar-refractivity contribution in [2.45, 2.75) is 43.2 Å². The van der Waals surface area contributed by atoms with E-state index in [0.717, 1.165) is 17.0 Å². The third kappa shape index (κ3) is 3.86. The summed E-state index contributed by atoms with van der Waals surface area (Å²) < 4.78 is 44.3. The van der Waals surface area contributed by atoms with Crippen LogP contribution in [0.15, 0.2) is 26.2 Å². The summed E-state index contributed by atoms with van der Waals surface area (Å²) in [6.07, 6.45) is 0.364. The van der Waals surface area contributed by atoms with Crippen LogP contribution in [0.1, 0.15) is 23.4 Å². The molecule has 0 aromatic carbocycles. The summed E-state index contributed by atoms with van der Waals surface area (Å²) in [5.74, 6) is 0.718. The smallest absolute Gasteiger partial charge is 0.250 e. The molecule has 0 saturated carbocycles. The molecule has 0 spiro atoms. The third-order valence-corrected chi connectivity index (χ3v) is 6.87. The van der Waals surface area contributed by atoms with Crippen molar-refractivity contribution in [1.82, 2.24) is 9.88 Å². The van der Waals surface area contributed by atoms with Gasteiger partial charge in [0.05, 0.1) is 31.1 Å². The number of sulfonamides is 1. The molecule has 0 aliphatic carbocycles. The lowest BCUT2D eigenvalue weighted by Gasteiger charge is -2.31. The monoisotopic (exact) mass is 372 g/mol. The molecule has 0 unspecified atom stereocenters. The van der Waals surface area contributed by atoms with E-state index in [4.69, 9.17) is 14.0 Å². The van der Waals surface area contributed by atoms with Crippen molar-refractivity contribution in [3.8, 4) is 0 Å². The third-order valence-electron chi connectivity index (χ3n) is 3.98. The molecule has 2 aromatic rings. The van der Waals surface area contributed by atoms with Gasteiger partial charge in [0.25, 0.3) is 0 Å². The van der Waals surface area contributed by atoms with Crippen LogP contribution in [0.4, 0.5) is 0 Å². The van der Waals surface area contributed by atoms with E-state index in [1.165, 1.54) is 11.3 Å². The summed E-state index contributed by atoms with van der Waals surface area (Å²) in [4.78, 5) is 0. The van der Waals surface area contributed by atoms with Gasteiger partial charge in [-0.15, -0.1) is 11.3 Å². The summed E-state index contributed by atoms with van der Waals surface area (Å²) in [6.45, 7) is 4.86. The van der Waals surface area contributed by atoms with Crippen LogP contribution in [-0.2, 0) is 26.1 Å². The number of aromatic nitrogens is 1. The minimum absolute atomic E-state index is 0.262. The average molecular weight is 372 g/mol. The van der Waals surface area contributed by atoms with Crippen molar-refractivity contribution in [1.29, 1.82) is 0 Å². The Morgan fingerprint density at radius 3 is 2.96 bits per heavy atom. The molecule has 132 valence electrons. The molecule has 1 saturated heterocycles. The molecule has 1 fully saturated rings. The predicted molar refractivity (Wildman–Crippen MR) is 88.4 cm³/mol. The van der Waals surface area contributed by atoms with Crippen molar-refractivity contribution in [3.63, 3.8) is 0 Å². The van der Waals surface area contributed by atoms with Crippen molar-refractivity contribution < 1.29 is 22.4 Å². The Morgan fingerprint density at radius 1 is 1.46 bits per heavy atom. The fourth-order valence-electron chi connectivity index (χ4n) is 2.60. The highest BCUT2D eigenvalue weighted by molar-refractivity contribution is 7.91. The summed E-state index contributed by atoms with van der Waals surface area (Å²) in [5, 5.41) is 5.64. The molecule has 1 aliphatic heterocycles. The minimum atomic E-state index is -3.56. The Bertz CT molecular complexity index is 750. The van der Waals surface area contributed by atoms with E-state index < -0.39 is 16.1 Å². The zero-order valence-corrected chi connectivity index (χ0v) is 15.2. The zero-order chi connectivity index (χ0) is 17.2. The van der Waals surface area contributed by atoms with Crippen LogP contribution in [-0.4, -0.2) is 38.9 Å². The van der Waals surface area contributed by atoms with Gasteiger partial charge in [-0.2, -0.15) is 0 Å². The molecule has 7 nitrogen and oxygen atoms in total. The first-order valence-corrected chi connectivity index (χ1v) is 10.0. The van der Waals surface area contributed by atoms with Gasteiger partial charge in [0.15, 0.2) is 0 Å². The maximum atomic E-state index is 12.4. The number of aryl methyl sites for hydroxylation is 2. The first kappa shape index (κ1) is 17.6. The summed E-state index contributed by atoms with van der Waals surface area (Å²) in [6, 6.07) is 2.87. The quantitative estimate of drug-likeness (QED) is 0.834. The second-order valence-electron chi connectivity index (χ2n) is 5.68. The first-order valence-electron chi connectivity index (χ1n) is 7.64. The van der Waals surface area contributed by atoms with Gasteiger partial charge in [0.1, 0.15) is 9.97 Å². The van der Waals surface area contributed by atoms with E-state index in [0.29, 0.717) is 19.6 Å². The fraction of sp³-hybridized carbons (Fsp3) is 0.533. The van der Waals surface area contributed by atoms with Crippen LogP contribution in [0.25, 0.3) is 0 Å². The van der Waals surface area contributed by atoms with Crippen molar-refractivity contribution in [2.75, 3.05) is 13.2 Å². The van der Waals surface area contributed by atoms with Crippen LogP contribution in [0.3, 0.4) is 0 Å². The minimum Gasteiger partial charge on any atom is -0.380 e. The van der Waals surface area contributed by atoms with Crippen LogP contribution in [0.5, 0.6) is 0 Å². The standard InChI is InChI=1S/C15H20N2O5S2/c1-10-12(11(2)22-16-10)8-21-14-5-6-20-9-13(14)17-24(18,19)15-4-3-7-23-15/h3-4,7,13-14,17H,5-6,8-9H2,1-2H3/t13-,14+/m0/s1. The molecule has 2 aromatic heterocycles. The molecule has 0 bridgehead atoms. The topological polar surface area (TPSA) is 90.7 Å². The molecule has 0 radical (unpaired) electrons. The van der Waals surface area contributed by atoms with Gasteiger partial charge in [0.2, 0.25) is 10.0 Å². The van der Waals surface area contributed by atoms with Crippen molar-refractivity contribution >= 4 is 21.4 Å². The van der Waals surface area contributed by atoms with Crippen LogP contribution >= 0.6 is 11.3 Å². The molecule has 3 heterocycles. The number of nitrogens with one attached hydrogen (secondary N) is 1. The first-order chi connectivity index (χ1) is 11.5. The number of thiophene rings is 1.